The van der Waals surface area contributed by atoms with Crippen molar-refractivity contribution < 1.29 is 14.3 Å². The highest BCUT2D eigenvalue weighted by Crippen LogP contribution is 2.18. The number of ether oxygens (including phenoxy) is 1. The third-order valence-electron chi connectivity index (χ3n) is 3.28. The molecule has 2 rings (SSSR count). The minimum absolute atomic E-state index is 0.110. The number of rotatable bonds is 8. The number of methoxy groups -OCH3 is 1. The summed E-state index contributed by atoms with van der Waals surface area (Å²) in [7, 11) is 1.31. The lowest BCUT2D eigenvalue weighted by Crippen LogP contribution is -2.43. The van der Waals surface area contributed by atoms with Gasteiger partial charge < -0.3 is 10.1 Å². The van der Waals surface area contributed by atoms with E-state index in [1.54, 1.807) is 12.4 Å². The van der Waals surface area contributed by atoms with E-state index < -0.39 is 12.0 Å². The van der Waals surface area contributed by atoms with Gasteiger partial charge >= 0.3 is 5.97 Å². The zero-order valence-corrected chi connectivity index (χ0v) is 15.2. The minimum atomic E-state index is -0.641. The van der Waals surface area contributed by atoms with Gasteiger partial charge in [-0.05, 0) is 24.5 Å². The van der Waals surface area contributed by atoms with Gasteiger partial charge in [0.1, 0.15) is 6.04 Å². The number of H-pyrrole nitrogens is 1. The second-order valence-electron chi connectivity index (χ2n) is 5.76. The fourth-order valence-electron chi connectivity index (χ4n) is 2.14. The molecule has 0 aliphatic heterocycles. The van der Waals surface area contributed by atoms with Gasteiger partial charge in [-0.3, -0.25) is 14.9 Å². The second-order valence-corrected chi connectivity index (χ2v) is 6.71. The van der Waals surface area contributed by atoms with Crippen LogP contribution in [-0.2, 0) is 14.3 Å². The van der Waals surface area contributed by atoms with Crippen LogP contribution in [0.2, 0.25) is 0 Å². The SMILES string of the molecule is COC(=O)[C@H](CC(C)C)NC(=O)CSc1n[nH]c(-c2ccncc2)n1. The van der Waals surface area contributed by atoms with Crippen molar-refractivity contribution in [2.75, 3.05) is 12.9 Å². The molecule has 25 heavy (non-hydrogen) atoms. The van der Waals surface area contributed by atoms with E-state index in [0.29, 0.717) is 17.4 Å². The first kappa shape index (κ1) is 18.9. The first-order valence-corrected chi connectivity index (χ1v) is 8.81. The lowest BCUT2D eigenvalue weighted by molar-refractivity contribution is -0.145. The molecule has 134 valence electrons. The molecule has 2 N–H and O–H groups in total. The Morgan fingerprint density at radius 1 is 1.32 bits per heavy atom. The molecule has 0 fully saturated rings. The molecule has 2 heterocycles. The van der Waals surface area contributed by atoms with Crippen LogP contribution in [0.4, 0.5) is 0 Å². The van der Waals surface area contributed by atoms with E-state index in [9.17, 15) is 9.59 Å². The van der Waals surface area contributed by atoms with Crippen molar-refractivity contribution in [3.8, 4) is 11.4 Å². The number of pyridine rings is 1. The van der Waals surface area contributed by atoms with Gasteiger partial charge in [-0.15, -0.1) is 5.10 Å². The number of carbonyl (C=O) groups is 2. The van der Waals surface area contributed by atoms with E-state index in [4.69, 9.17) is 4.74 Å². The summed E-state index contributed by atoms with van der Waals surface area (Å²) in [6, 6.07) is 2.99. The van der Waals surface area contributed by atoms with Crippen LogP contribution in [0.15, 0.2) is 29.7 Å². The first-order chi connectivity index (χ1) is 12.0. The van der Waals surface area contributed by atoms with Gasteiger partial charge in [-0.1, -0.05) is 25.6 Å². The Kier molecular flexibility index (Phi) is 6.93. The Balaban J connectivity index is 1.89. The molecule has 2 aromatic rings. The van der Waals surface area contributed by atoms with Gasteiger partial charge in [0.25, 0.3) is 0 Å². The van der Waals surface area contributed by atoms with Crippen LogP contribution in [0.25, 0.3) is 11.4 Å². The Labute approximate surface area is 150 Å². The summed E-state index contributed by atoms with van der Waals surface area (Å²) < 4.78 is 4.73. The maximum absolute atomic E-state index is 12.1. The molecule has 0 bridgehead atoms. The molecule has 8 nitrogen and oxygen atoms in total. The summed E-state index contributed by atoms with van der Waals surface area (Å²) in [5.74, 6) is 0.269. The molecule has 0 aromatic carbocycles. The van der Waals surface area contributed by atoms with E-state index in [2.05, 4.69) is 25.5 Å². The predicted molar refractivity (Wildman–Crippen MR) is 93.7 cm³/mol. The van der Waals surface area contributed by atoms with Crippen LogP contribution in [0.1, 0.15) is 20.3 Å². The highest BCUT2D eigenvalue weighted by atomic mass is 32.2. The summed E-state index contributed by atoms with van der Waals surface area (Å²) in [5.41, 5.74) is 0.862. The van der Waals surface area contributed by atoms with Gasteiger partial charge in [0.05, 0.1) is 12.9 Å². The van der Waals surface area contributed by atoms with Crippen LogP contribution in [0, 0.1) is 5.92 Å². The number of aromatic nitrogens is 4. The number of esters is 1. The van der Waals surface area contributed by atoms with Crippen LogP contribution in [0.3, 0.4) is 0 Å². The Morgan fingerprint density at radius 2 is 2.04 bits per heavy atom. The van der Waals surface area contributed by atoms with Crippen LogP contribution >= 0.6 is 11.8 Å². The zero-order chi connectivity index (χ0) is 18.2. The highest BCUT2D eigenvalue weighted by molar-refractivity contribution is 7.99. The summed E-state index contributed by atoms with van der Waals surface area (Å²) >= 11 is 1.19. The monoisotopic (exact) mass is 363 g/mol. The van der Waals surface area contributed by atoms with Crippen molar-refractivity contribution in [1.82, 2.24) is 25.5 Å². The number of aromatic amines is 1. The third kappa shape index (κ3) is 5.86. The van der Waals surface area contributed by atoms with E-state index in [0.717, 1.165) is 5.56 Å². The Bertz CT molecular complexity index is 705. The molecule has 2 aromatic heterocycles. The maximum atomic E-state index is 12.1. The van der Waals surface area contributed by atoms with Gasteiger partial charge in [0, 0.05) is 18.0 Å². The zero-order valence-electron chi connectivity index (χ0n) is 14.4. The molecule has 0 saturated carbocycles. The summed E-state index contributed by atoms with van der Waals surface area (Å²) in [6.45, 7) is 3.95. The number of nitrogens with one attached hydrogen (secondary N) is 2. The molecule has 0 spiro atoms. The van der Waals surface area contributed by atoms with E-state index >= 15 is 0 Å². The van der Waals surface area contributed by atoms with Crippen molar-refractivity contribution >= 4 is 23.6 Å². The van der Waals surface area contributed by atoms with Crippen LogP contribution in [-0.4, -0.2) is 50.9 Å². The fourth-order valence-corrected chi connectivity index (χ4v) is 2.75. The molecule has 1 amide bonds. The summed E-state index contributed by atoms with van der Waals surface area (Å²) in [5, 5.41) is 10.1. The average molecular weight is 363 g/mol. The first-order valence-electron chi connectivity index (χ1n) is 7.82. The van der Waals surface area contributed by atoms with E-state index in [1.165, 1.54) is 18.9 Å². The molecule has 0 aliphatic rings. The smallest absolute Gasteiger partial charge is 0.328 e. The molecule has 1 atom stereocenters. The van der Waals surface area contributed by atoms with Gasteiger partial charge in [-0.2, -0.15) is 0 Å². The van der Waals surface area contributed by atoms with Gasteiger partial charge in [-0.25, -0.2) is 9.78 Å². The number of hydrogen-bond acceptors (Lipinski definition) is 7. The highest BCUT2D eigenvalue weighted by Gasteiger charge is 2.22. The standard InChI is InChI=1S/C16H21N5O3S/c1-10(2)8-12(15(23)24-3)18-13(22)9-25-16-19-14(20-21-16)11-4-6-17-7-5-11/h4-7,10,12H,8-9H2,1-3H3,(H,18,22)(H,19,20,21)/t12-/m0/s1. The number of carbonyl (C=O) groups excluding carboxylic acids is 2. The second kappa shape index (κ2) is 9.16. The molecular formula is C16H21N5O3S. The Hall–Kier alpha value is -2.42. The third-order valence-corrected chi connectivity index (χ3v) is 4.13. The van der Waals surface area contributed by atoms with E-state index in [1.807, 2.05) is 26.0 Å². The summed E-state index contributed by atoms with van der Waals surface area (Å²) in [6.07, 6.45) is 3.86. The quantitative estimate of drug-likeness (QED) is 0.542. The van der Waals surface area contributed by atoms with Crippen molar-refractivity contribution in [2.45, 2.75) is 31.5 Å². The maximum Gasteiger partial charge on any atom is 0.328 e. The minimum Gasteiger partial charge on any atom is -0.467 e. The summed E-state index contributed by atoms with van der Waals surface area (Å²) in [4.78, 5) is 32.1. The average Bonchev–Trinajstić information content (AvgIpc) is 3.08. The van der Waals surface area contributed by atoms with Crippen LogP contribution in [0.5, 0.6) is 0 Å². The normalized spacial score (nSPS) is 12.0. The lowest BCUT2D eigenvalue weighted by Gasteiger charge is -2.17. The molecular weight excluding hydrogens is 342 g/mol. The van der Waals surface area contributed by atoms with Crippen molar-refractivity contribution in [1.29, 1.82) is 0 Å². The van der Waals surface area contributed by atoms with Gasteiger partial charge in [0.15, 0.2) is 5.82 Å². The molecule has 0 saturated heterocycles. The molecule has 0 radical (unpaired) electrons. The predicted octanol–water partition coefficient (Wildman–Crippen LogP) is 1.66. The number of nitrogens with zero attached hydrogens (tertiary/aromatic N) is 3. The van der Waals surface area contributed by atoms with Crippen molar-refractivity contribution in [2.24, 2.45) is 5.92 Å². The van der Waals surface area contributed by atoms with Crippen molar-refractivity contribution in [3.63, 3.8) is 0 Å². The largest absolute Gasteiger partial charge is 0.467 e. The Morgan fingerprint density at radius 3 is 2.68 bits per heavy atom. The van der Waals surface area contributed by atoms with E-state index in [-0.39, 0.29) is 17.6 Å². The number of thioether (sulfide) groups is 1. The molecule has 9 heteroatoms. The number of hydrogen-bond donors (Lipinski definition) is 2. The topological polar surface area (TPSA) is 110 Å². The van der Waals surface area contributed by atoms with Gasteiger partial charge in [0.2, 0.25) is 11.1 Å². The fraction of sp³-hybridized carbons (Fsp3) is 0.438. The lowest BCUT2D eigenvalue weighted by atomic mass is 10.0. The molecule has 0 unspecified atom stereocenters. The van der Waals surface area contributed by atoms with Crippen molar-refractivity contribution in [3.05, 3.63) is 24.5 Å². The molecule has 0 aliphatic carbocycles. The number of amides is 1. The van der Waals surface area contributed by atoms with Crippen LogP contribution < -0.4 is 5.32 Å².